The van der Waals surface area contributed by atoms with Gasteiger partial charge in [0.25, 0.3) is 11.8 Å². The topological polar surface area (TPSA) is 151 Å². The van der Waals surface area contributed by atoms with Crippen LogP contribution in [0.1, 0.15) is 49.5 Å². The Kier molecular flexibility index (Phi) is 12.7. The highest BCUT2D eigenvalue weighted by Crippen LogP contribution is 2.33. The second-order valence-electron chi connectivity index (χ2n) is 14.9. The number of ether oxygens (including phenoxy) is 1. The zero-order chi connectivity index (χ0) is 39.9. The maximum Gasteiger partial charge on any atom is 0.410 e. The number of anilines is 1. The molecule has 2 aromatic carbocycles. The van der Waals surface area contributed by atoms with Crippen LogP contribution < -0.4 is 15.5 Å². The lowest BCUT2D eigenvalue weighted by atomic mass is 9.96. The lowest BCUT2D eigenvalue weighted by molar-refractivity contribution is -0.131. The molecule has 3 heterocycles. The van der Waals surface area contributed by atoms with E-state index in [1.165, 1.54) is 6.08 Å². The van der Waals surface area contributed by atoms with Gasteiger partial charge in [0, 0.05) is 75.6 Å². The van der Waals surface area contributed by atoms with Crippen LogP contribution in [0.15, 0.2) is 61.3 Å². The van der Waals surface area contributed by atoms with Crippen LogP contribution >= 0.6 is 0 Å². The number of benzene rings is 2. The van der Waals surface area contributed by atoms with Crippen LogP contribution in [0.25, 0.3) is 22.0 Å². The van der Waals surface area contributed by atoms with Crippen LogP contribution in [0, 0.1) is 11.3 Å². The van der Waals surface area contributed by atoms with Gasteiger partial charge in [0.1, 0.15) is 11.6 Å². The summed E-state index contributed by atoms with van der Waals surface area (Å²) in [6, 6.07) is 13.3. The van der Waals surface area contributed by atoms with Gasteiger partial charge in [0.2, 0.25) is 11.8 Å². The third-order valence-electron chi connectivity index (χ3n) is 9.57. The third kappa shape index (κ3) is 10.5. The van der Waals surface area contributed by atoms with Gasteiger partial charge in [-0.3, -0.25) is 24.3 Å². The maximum absolute atomic E-state index is 14.1. The van der Waals surface area contributed by atoms with E-state index in [0.717, 1.165) is 42.2 Å². The largest absolute Gasteiger partial charge is 0.444 e. The molecule has 2 N–H and O–H groups in total. The molecule has 2 aliphatic rings. The predicted molar refractivity (Wildman–Crippen MR) is 204 cm³/mol. The van der Waals surface area contributed by atoms with Gasteiger partial charge in [0.15, 0.2) is 0 Å². The van der Waals surface area contributed by atoms with Crippen LogP contribution in [0.4, 0.5) is 19.3 Å². The minimum absolute atomic E-state index is 0.243. The minimum atomic E-state index is -3.19. The molecule has 13 nitrogen and oxygen atoms in total. The first-order valence-electron chi connectivity index (χ1n) is 18.3. The van der Waals surface area contributed by atoms with Crippen molar-refractivity contribution in [2.24, 2.45) is 0 Å². The molecule has 0 radical (unpaired) electrons. The van der Waals surface area contributed by atoms with E-state index < -0.39 is 48.9 Å². The molecule has 0 saturated carbocycles. The van der Waals surface area contributed by atoms with E-state index in [9.17, 15) is 33.2 Å². The number of alkyl halides is 2. The number of nitrogens with one attached hydrogen (secondary N) is 2. The average molecular weight is 759 g/mol. The Labute approximate surface area is 319 Å². The van der Waals surface area contributed by atoms with Crippen molar-refractivity contribution in [3.05, 3.63) is 72.4 Å². The summed E-state index contributed by atoms with van der Waals surface area (Å²) in [6.45, 7) is 12.0. The van der Waals surface area contributed by atoms with Crippen molar-refractivity contribution in [1.29, 1.82) is 5.26 Å². The van der Waals surface area contributed by atoms with Gasteiger partial charge >= 0.3 is 6.09 Å². The fourth-order valence-corrected chi connectivity index (χ4v) is 6.63. The van der Waals surface area contributed by atoms with E-state index in [1.54, 1.807) is 29.3 Å². The summed E-state index contributed by atoms with van der Waals surface area (Å²) in [4.78, 5) is 62.8. The highest BCUT2D eigenvalue weighted by molar-refractivity contribution is 6.12. The molecular formula is C40H48F2N8O5. The van der Waals surface area contributed by atoms with Crippen molar-refractivity contribution >= 4 is 40.4 Å². The van der Waals surface area contributed by atoms with Gasteiger partial charge < -0.3 is 30.1 Å². The maximum atomic E-state index is 14.1. The Morgan fingerprint density at radius 2 is 1.80 bits per heavy atom. The highest BCUT2D eigenvalue weighted by Gasteiger charge is 2.47. The summed E-state index contributed by atoms with van der Waals surface area (Å²) in [5.74, 6) is -4.89. The number of amides is 4. The molecule has 2 aliphatic heterocycles. The Bertz CT molecular complexity index is 1950. The van der Waals surface area contributed by atoms with E-state index in [0.29, 0.717) is 41.7 Å². The lowest BCUT2D eigenvalue weighted by Crippen LogP contribution is -2.50. The lowest BCUT2D eigenvalue weighted by Gasteiger charge is -2.35. The SMILES string of the molecule is C=CC(=O)NCc1ccc(-c2cnc3ccc(N(C)CCCN4CCN(C(=O)OC(C)(C)C)CC4)cc3c2C(=O)NCC(=O)N2CC(F)(F)CC2C#N)cc1. The number of nitriles is 1. The summed E-state index contributed by atoms with van der Waals surface area (Å²) in [6.07, 6.45) is 2.55. The van der Waals surface area contributed by atoms with Crippen LogP contribution in [-0.2, 0) is 20.9 Å². The van der Waals surface area contributed by atoms with Gasteiger partial charge in [0.05, 0.1) is 30.2 Å². The fraction of sp³-hybridized carbons (Fsp3) is 0.450. The molecule has 0 spiro atoms. The second-order valence-corrected chi connectivity index (χ2v) is 14.9. The zero-order valence-electron chi connectivity index (χ0n) is 31.7. The number of halogens is 2. The summed E-state index contributed by atoms with van der Waals surface area (Å²) >= 11 is 0. The number of pyridine rings is 1. The Morgan fingerprint density at radius 3 is 2.45 bits per heavy atom. The average Bonchev–Trinajstić information content (AvgIpc) is 3.49. The summed E-state index contributed by atoms with van der Waals surface area (Å²) in [5, 5.41) is 15.2. The van der Waals surface area contributed by atoms with E-state index in [2.05, 4.69) is 32.0 Å². The molecule has 3 aromatic rings. The molecule has 2 fully saturated rings. The molecule has 5 rings (SSSR count). The molecule has 0 bridgehead atoms. The molecule has 1 unspecified atom stereocenters. The molecule has 292 valence electrons. The number of hydrogen-bond acceptors (Lipinski definition) is 9. The van der Waals surface area contributed by atoms with Crippen molar-refractivity contribution in [2.75, 3.05) is 64.3 Å². The Morgan fingerprint density at radius 1 is 1.09 bits per heavy atom. The van der Waals surface area contributed by atoms with Gasteiger partial charge in [-0.25, -0.2) is 13.6 Å². The highest BCUT2D eigenvalue weighted by atomic mass is 19.3. The van der Waals surface area contributed by atoms with E-state index in [4.69, 9.17) is 4.74 Å². The van der Waals surface area contributed by atoms with Crippen molar-refractivity contribution in [1.82, 2.24) is 30.3 Å². The normalized spacial score (nSPS) is 17.0. The summed E-state index contributed by atoms with van der Waals surface area (Å²) in [7, 11) is 1.96. The molecule has 55 heavy (non-hydrogen) atoms. The quantitative estimate of drug-likeness (QED) is 0.253. The number of fused-ring (bicyclic) bond motifs is 1. The zero-order valence-corrected chi connectivity index (χ0v) is 31.7. The van der Waals surface area contributed by atoms with Crippen molar-refractivity contribution in [3.8, 4) is 17.2 Å². The monoisotopic (exact) mass is 758 g/mol. The van der Waals surface area contributed by atoms with E-state index in [1.807, 2.05) is 58.2 Å². The fourth-order valence-electron chi connectivity index (χ4n) is 6.63. The molecule has 15 heteroatoms. The van der Waals surface area contributed by atoms with Crippen molar-refractivity contribution < 1.29 is 32.7 Å². The molecule has 4 amide bonds. The van der Waals surface area contributed by atoms with Crippen LogP contribution in [-0.4, -0.2) is 120 Å². The number of hydrogen-bond donors (Lipinski definition) is 2. The first-order valence-corrected chi connectivity index (χ1v) is 18.3. The standard InChI is InChI=1S/C40H48F2N8O5/c1-6-34(51)45-23-27-8-10-28(11-9-27)32-24-44-33-13-12-29(47(5)14-7-15-48-16-18-49(19-17-48)38(54)55-39(2,3)4)20-31(33)36(32)37(53)46-25-35(52)50-26-40(41,42)21-30(50)22-43/h6,8-13,20,24,30H,1,7,14-19,21,23,25-26H2,2-5H3,(H,45,51)(H,46,53). The van der Waals surface area contributed by atoms with Crippen molar-refractivity contribution in [2.45, 2.75) is 57.7 Å². The summed E-state index contributed by atoms with van der Waals surface area (Å²) < 4.78 is 33.7. The number of carbonyl (C=O) groups is 4. The molecular weight excluding hydrogens is 710 g/mol. The van der Waals surface area contributed by atoms with Gasteiger partial charge in [-0.05, 0) is 69.1 Å². The molecule has 2 saturated heterocycles. The van der Waals surface area contributed by atoms with E-state index >= 15 is 0 Å². The number of nitrogens with zero attached hydrogens (tertiary/aromatic N) is 6. The predicted octanol–water partition coefficient (Wildman–Crippen LogP) is 4.57. The van der Waals surface area contributed by atoms with Crippen LogP contribution in [0.5, 0.6) is 0 Å². The first-order chi connectivity index (χ1) is 26.1. The van der Waals surface area contributed by atoms with Gasteiger partial charge in [-0.1, -0.05) is 30.8 Å². The van der Waals surface area contributed by atoms with Crippen LogP contribution in [0.2, 0.25) is 0 Å². The number of aromatic nitrogens is 1. The van der Waals surface area contributed by atoms with Gasteiger partial charge in [-0.15, -0.1) is 0 Å². The molecule has 1 atom stereocenters. The first kappa shape index (κ1) is 40.6. The van der Waals surface area contributed by atoms with Gasteiger partial charge in [-0.2, -0.15) is 5.26 Å². The Balaban J connectivity index is 1.33. The van der Waals surface area contributed by atoms with Crippen molar-refractivity contribution in [3.63, 3.8) is 0 Å². The smallest absolute Gasteiger partial charge is 0.410 e. The minimum Gasteiger partial charge on any atom is -0.444 e. The molecule has 0 aliphatic carbocycles. The molecule has 1 aromatic heterocycles. The number of piperazine rings is 1. The second kappa shape index (κ2) is 17.2. The summed E-state index contributed by atoms with van der Waals surface area (Å²) in [5.41, 5.74) is 3.01. The third-order valence-corrected chi connectivity index (χ3v) is 9.57. The number of rotatable bonds is 12. The Hall–Kier alpha value is -5.62. The van der Waals surface area contributed by atoms with Crippen LogP contribution in [0.3, 0.4) is 0 Å². The van der Waals surface area contributed by atoms with E-state index in [-0.39, 0.29) is 24.1 Å². The number of likely N-dealkylation sites (tertiary alicyclic amines) is 1. The number of carbonyl (C=O) groups excluding carboxylic acids is 4.